The molecule has 0 nitrogen and oxygen atoms in total. The van der Waals surface area contributed by atoms with E-state index in [1.165, 1.54) is 116 Å². The van der Waals surface area contributed by atoms with Crippen LogP contribution in [-0.2, 0) is 12.8 Å². The van der Waals surface area contributed by atoms with Crippen LogP contribution in [0, 0.1) is 0 Å². The fraction of sp³-hybridized carbons (Fsp3) is 0.312. The standard InChI is InChI=1S/C32H32/c1-3-5-7-11-21-17-25-19-24-14-10-16-28-22(12-8-6-4-2)18-26-20-23-13-9-15-27(21)29(23)31(25)32(26)30(24)28/h9-10,13-20H,3-8,11-12H2,1-2H3. The highest BCUT2D eigenvalue weighted by Gasteiger charge is 2.18. The SMILES string of the molecule is CCCCCc1cc2cc3cccc4c(CCCCC)cc5cc6cccc1c6c2c5c34. The van der Waals surface area contributed by atoms with E-state index in [-0.39, 0.29) is 0 Å². The predicted octanol–water partition coefficient (Wildman–Crippen LogP) is 9.79. The van der Waals surface area contributed by atoms with Gasteiger partial charge in [0.2, 0.25) is 0 Å². The van der Waals surface area contributed by atoms with Gasteiger partial charge in [0.25, 0.3) is 0 Å². The third-order valence-electron chi connectivity index (χ3n) is 7.59. The van der Waals surface area contributed by atoms with Crippen molar-refractivity contribution in [3.8, 4) is 0 Å². The van der Waals surface area contributed by atoms with E-state index in [1.807, 2.05) is 0 Å². The van der Waals surface area contributed by atoms with Crippen molar-refractivity contribution >= 4 is 53.9 Å². The van der Waals surface area contributed by atoms with Crippen molar-refractivity contribution in [2.45, 2.75) is 65.2 Å². The number of unbranched alkanes of at least 4 members (excludes halogenated alkanes) is 4. The lowest BCUT2D eigenvalue weighted by atomic mass is 9.83. The van der Waals surface area contributed by atoms with E-state index >= 15 is 0 Å². The molecule has 0 fully saturated rings. The molecule has 0 N–H and O–H groups in total. The fourth-order valence-electron chi connectivity index (χ4n) is 6.08. The zero-order valence-corrected chi connectivity index (χ0v) is 19.4. The normalized spacial score (nSPS) is 12.4. The third kappa shape index (κ3) is 2.96. The summed E-state index contributed by atoms with van der Waals surface area (Å²) in [5, 5.41) is 14.5. The van der Waals surface area contributed by atoms with Gasteiger partial charge in [0.15, 0.2) is 0 Å². The Balaban J connectivity index is 1.71. The van der Waals surface area contributed by atoms with Crippen molar-refractivity contribution in [2.24, 2.45) is 0 Å². The van der Waals surface area contributed by atoms with Crippen LogP contribution in [0.4, 0.5) is 0 Å². The Labute approximate surface area is 190 Å². The Morgan fingerprint density at radius 2 is 0.938 bits per heavy atom. The second-order valence-corrected chi connectivity index (χ2v) is 9.74. The highest BCUT2D eigenvalue weighted by molar-refractivity contribution is 6.36. The van der Waals surface area contributed by atoms with Crippen molar-refractivity contribution in [3.63, 3.8) is 0 Å². The zero-order chi connectivity index (χ0) is 21.7. The maximum Gasteiger partial charge on any atom is -0.00139 e. The lowest BCUT2D eigenvalue weighted by Crippen LogP contribution is -1.96. The van der Waals surface area contributed by atoms with Gasteiger partial charge in [-0.2, -0.15) is 0 Å². The van der Waals surface area contributed by atoms with Crippen LogP contribution in [0.15, 0.2) is 60.7 Å². The molecule has 0 spiro atoms. The largest absolute Gasteiger partial charge is 0.0654 e. The topological polar surface area (TPSA) is 0 Å². The summed E-state index contributed by atoms with van der Waals surface area (Å²) in [4.78, 5) is 0. The van der Waals surface area contributed by atoms with Crippen LogP contribution >= 0.6 is 0 Å². The van der Waals surface area contributed by atoms with E-state index in [1.54, 1.807) is 0 Å². The van der Waals surface area contributed by atoms with Gasteiger partial charge in [0.05, 0.1) is 0 Å². The smallest absolute Gasteiger partial charge is 0.00139 e. The molecule has 0 aliphatic carbocycles. The van der Waals surface area contributed by atoms with Crippen molar-refractivity contribution in [1.82, 2.24) is 0 Å². The minimum absolute atomic E-state index is 1.18. The Kier molecular flexibility index (Phi) is 4.90. The molecule has 0 atom stereocenters. The van der Waals surface area contributed by atoms with Crippen LogP contribution in [0.3, 0.4) is 0 Å². The Bertz CT molecular complexity index is 1420. The van der Waals surface area contributed by atoms with E-state index in [2.05, 4.69) is 74.5 Å². The molecule has 0 bridgehead atoms. The lowest BCUT2D eigenvalue weighted by molar-refractivity contribution is 0.720. The number of rotatable bonds is 8. The summed E-state index contributed by atoms with van der Waals surface area (Å²) in [5.74, 6) is 0. The zero-order valence-electron chi connectivity index (χ0n) is 19.4. The van der Waals surface area contributed by atoms with Crippen molar-refractivity contribution in [3.05, 3.63) is 71.8 Å². The molecule has 0 heterocycles. The first kappa shape index (κ1) is 19.8. The Morgan fingerprint density at radius 3 is 1.38 bits per heavy atom. The summed E-state index contributed by atoms with van der Waals surface area (Å²) in [7, 11) is 0. The first-order valence-corrected chi connectivity index (χ1v) is 12.7. The lowest BCUT2D eigenvalue weighted by Gasteiger charge is -2.20. The fourth-order valence-corrected chi connectivity index (χ4v) is 6.08. The van der Waals surface area contributed by atoms with Gasteiger partial charge in [0.1, 0.15) is 0 Å². The summed E-state index contributed by atoms with van der Waals surface area (Å²) in [6, 6.07) is 23.8. The van der Waals surface area contributed by atoms with Crippen LogP contribution in [0.5, 0.6) is 0 Å². The van der Waals surface area contributed by atoms with Crippen LogP contribution in [0.2, 0.25) is 0 Å². The third-order valence-corrected chi connectivity index (χ3v) is 7.59. The molecule has 0 amide bonds. The first-order valence-electron chi connectivity index (χ1n) is 12.7. The number of hydrogen-bond donors (Lipinski definition) is 0. The number of hydrogen-bond acceptors (Lipinski definition) is 0. The molecule has 0 aliphatic rings. The maximum atomic E-state index is 2.50. The van der Waals surface area contributed by atoms with E-state index in [0.717, 1.165) is 0 Å². The van der Waals surface area contributed by atoms with Gasteiger partial charge in [-0.15, -0.1) is 0 Å². The molecule has 32 heavy (non-hydrogen) atoms. The average molecular weight is 417 g/mol. The second kappa shape index (κ2) is 7.93. The minimum Gasteiger partial charge on any atom is -0.0654 e. The van der Waals surface area contributed by atoms with Crippen molar-refractivity contribution in [1.29, 1.82) is 0 Å². The molecule has 0 unspecified atom stereocenters. The predicted molar refractivity (Wildman–Crippen MR) is 143 cm³/mol. The molecule has 0 saturated carbocycles. The molecule has 6 rings (SSSR count). The Hall–Kier alpha value is -2.86. The maximum absolute atomic E-state index is 2.50. The molecule has 0 saturated heterocycles. The average Bonchev–Trinajstić information content (AvgIpc) is 2.81. The van der Waals surface area contributed by atoms with E-state index in [0.29, 0.717) is 0 Å². The quantitative estimate of drug-likeness (QED) is 0.131. The first-order chi connectivity index (χ1) is 15.8. The minimum atomic E-state index is 1.18. The van der Waals surface area contributed by atoms with Gasteiger partial charge >= 0.3 is 0 Å². The van der Waals surface area contributed by atoms with Gasteiger partial charge < -0.3 is 0 Å². The van der Waals surface area contributed by atoms with Crippen LogP contribution in [0.1, 0.15) is 63.5 Å². The summed E-state index contributed by atoms with van der Waals surface area (Å²) >= 11 is 0. The van der Waals surface area contributed by atoms with Gasteiger partial charge in [-0.25, -0.2) is 0 Å². The van der Waals surface area contributed by atoms with Crippen molar-refractivity contribution in [2.75, 3.05) is 0 Å². The van der Waals surface area contributed by atoms with Crippen LogP contribution < -0.4 is 0 Å². The molecule has 6 aromatic rings. The van der Waals surface area contributed by atoms with E-state index in [4.69, 9.17) is 0 Å². The van der Waals surface area contributed by atoms with E-state index in [9.17, 15) is 0 Å². The van der Waals surface area contributed by atoms with Gasteiger partial charge in [-0.3, -0.25) is 0 Å². The van der Waals surface area contributed by atoms with Gasteiger partial charge in [0, 0.05) is 0 Å². The van der Waals surface area contributed by atoms with Crippen LogP contribution in [-0.4, -0.2) is 0 Å². The highest BCUT2D eigenvalue weighted by atomic mass is 14.2. The van der Waals surface area contributed by atoms with Crippen molar-refractivity contribution < 1.29 is 0 Å². The van der Waals surface area contributed by atoms with E-state index < -0.39 is 0 Å². The molecule has 0 heteroatoms. The second-order valence-electron chi connectivity index (χ2n) is 9.74. The summed E-state index contributed by atoms with van der Waals surface area (Å²) in [6.45, 7) is 4.58. The number of aryl methyl sites for hydroxylation is 2. The molecule has 0 radical (unpaired) electrons. The molecule has 0 aliphatic heterocycles. The molecule has 160 valence electrons. The Morgan fingerprint density at radius 1 is 0.469 bits per heavy atom. The summed E-state index contributed by atoms with van der Waals surface area (Å²) in [5.41, 5.74) is 3.04. The van der Waals surface area contributed by atoms with Gasteiger partial charge in [-0.1, -0.05) is 88.1 Å². The van der Waals surface area contributed by atoms with Crippen LogP contribution in [0.25, 0.3) is 53.9 Å². The molecular formula is C32H32. The monoisotopic (exact) mass is 416 g/mol. The van der Waals surface area contributed by atoms with Gasteiger partial charge in [-0.05, 0) is 103 Å². The molecule has 0 aromatic heterocycles. The highest BCUT2D eigenvalue weighted by Crippen LogP contribution is 2.45. The molecular weight excluding hydrogens is 384 g/mol. The summed E-state index contributed by atoms with van der Waals surface area (Å²) < 4.78 is 0. The summed E-state index contributed by atoms with van der Waals surface area (Å²) in [6.07, 6.45) is 10.1. The number of benzene rings is 6. The molecule has 6 aromatic carbocycles.